The van der Waals surface area contributed by atoms with Crippen LogP contribution >= 0.6 is 0 Å². The molecular formula is C10H18. The minimum atomic E-state index is 0.762. The van der Waals surface area contributed by atoms with Crippen LogP contribution in [-0.2, 0) is 0 Å². The lowest BCUT2D eigenvalue weighted by molar-refractivity contribution is 0.249. The van der Waals surface area contributed by atoms with Gasteiger partial charge in [-0.1, -0.05) is 33.6 Å². The molecule has 0 aliphatic heterocycles. The normalized spacial score (nSPS) is 59.7. The molecule has 0 heteroatoms. The zero-order valence-corrected chi connectivity index (χ0v) is 7.35. The van der Waals surface area contributed by atoms with Gasteiger partial charge in [-0.25, -0.2) is 0 Å². The van der Waals surface area contributed by atoms with Crippen molar-refractivity contribution < 1.29 is 0 Å². The second-order valence-corrected chi connectivity index (χ2v) is 4.59. The van der Waals surface area contributed by atoms with Gasteiger partial charge in [-0.2, -0.15) is 0 Å². The van der Waals surface area contributed by atoms with E-state index in [1.807, 2.05) is 0 Å². The SMILES string of the molecule is C[C@@H]1[C@@H]2CCC[C@H](C)[C@@]12C. The summed E-state index contributed by atoms with van der Waals surface area (Å²) in [5, 5.41) is 0. The smallest absolute Gasteiger partial charge is 0.0241 e. The van der Waals surface area contributed by atoms with Crippen LogP contribution in [0.15, 0.2) is 0 Å². The third kappa shape index (κ3) is 0.580. The molecule has 0 N–H and O–H groups in total. The lowest BCUT2D eigenvalue weighted by Gasteiger charge is -2.25. The molecule has 0 spiro atoms. The van der Waals surface area contributed by atoms with Gasteiger partial charge in [0.1, 0.15) is 0 Å². The van der Waals surface area contributed by atoms with Crippen molar-refractivity contribution >= 4 is 0 Å². The third-order valence-corrected chi connectivity index (χ3v) is 4.49. The third-order valence-electron chi connectivity index (χ3n) is 4.49. The van der Waals surface area contributed by atoms with Gasteiger partial charge in [0.2, 0.25) is 0 Å². The highest BCUT2D eigenvalue weighted by atomic mass is 14.7. The highest BCUT2D eigenvalue weighted by molar-refractivity contribution is 5.09. The number of fused-ring (bicyclic) bond motifs is 1. The van der Waals surface area contributed by atoms with E-state index in [-0.39, 0.29) is 0 Å². The van der Waals surface area contributed by atoms with E-state index in [0.29, 0.717) is 0 Å². The Morgan fingerprint density at radius 2 is 1.90 bits per heavy atom. The number of hydrogen-bond acceptors (Lipinski definition) is 0. The Bertz CT molecular complexity index is 142. The standard InChI is InChI=1S/C10H18/c1-7-5-4-6-9-8(2)10(7,9)3/h7-9H,4-6H2,1-3H3/t7-,8+,9-,10-/m0/s1. The second-order valence-electron chi connectivity index (χ2n) is 4.59. The molecular weight excluding hydrogens is 120 g/mol. The summed E-state index contributed by atoms with van der Waals surface area (Å²) in [5.41, 5.74) is 0.762. The Hall–Kier alpha value is 0. The molecule has 0 aromatic carbocycles. The van der Waals surface area contributed by atoms with Gasteiger partial charge in [0.25, 0.3) is 0 Å². The largest absolute Gasteiger partial charge is 0.0620 e. The van der Waals surface area contributed by atoms with E-state index >= 15 is 0 Å². The average Bonchev–Trinajstić information content (AvgIpc) is 2.42. The van der Waals surface area contributed by atoms with Gasteiger partial charge in [0, 0.05) is 0 Å². The van der Waals surface area contributed by atoms with E-state index in [1.54, 1.807) is 0 Å². The summed E-state index contributed by atoms with van der Waals surface area (Å²) in [6.45, 7) is 7.37. The fraction of sp³-hybridized carbons (Fsp3) is 1.00. The van der Waals surface area contributed by atoms with Crippen molar-refractivity contribution in [3.8, 4) is 0 Å². The molecule has 4 atom stereocenters. The Labute approximate surface area is 64.0 Å². The van der Waals surface area contributed by atoms with Gasteiger partial charge in [-0.15, -0.1) is 0 Å². The molecule has 2 aliphatic carbocycles. The van der Waals surface area contributed by atoms with Gasteiger partial charge in [-0.3, -0.25) is 0 Å². The summed E-state index contributed by atoms with van der Waals surface area (Å²) >= 11 is 0. The lowest BCUT2D eigenvalue weighted by Crippen LogP contribution is -2.16. The van der Waals surface area contributed by atoms with E-state index in [9.17, 15) is 0 Å². The van der Waals surface area contributed by atoms with Crippen LogP contribution in [0.5, 0.6) is 0 Å². The number of rotatable bonds is 0. The molecule has 58 valence electrons. The van der Waals surface area contributed by atoms with Crippen LogP contribution in [0.25, 0.3) is 0 Å². The summed E-state index contributed by atoms with van der Waals surface area (Å²) in [6, 6.07) is 0. The molecule has 0 nitrogen and oxygen atoms in total. The molecule has 10 heavy (non-hydrogen) atoms. The summed E-state index contributed by atoms with van der Waals surface area (Å²) in [5.74, 6) is 3.13. The van der Waals surface area contributed by atoms with E-state index in [0.717, 1.165) is 23.2 Å². The molecule has 2 saturated carbocycles. The first-order valence-corrected chi connectivity index (χ1v) is 4.67. The summed E-state index contributed by atoms with van der Waals surface area (Å²) in [7, 11) is 0. The van der Waals surface area contributed by atoms with E-state index in [4.69, 9.17) is 0 Å². The molecule has 2 aliphatic rings. The first-order chi connectivity index (χ1) is 4.67. The van der Waals surface area contributed by atoms with Crippen LogP contribution < -0.4 is 0 Å². The van der Waals surface area contributed by atoms with Crippen molar-refractivity contribution in [2.24, 2.45) is 23.2 Å². The first kappa shape index (κ1) is 6.69. The molecule has 0 unspecified atom stereocenters. The zero-order chi connectivity index (χ0) is 7.35. The van der Waals surface area contributed by atoms with Crippen molar-refractivity contribution in [3.05, 3.63) is 0 Å². The van der Waals surface area contributed by atoms with Gasteiger partial charge in [0.15, 0.2) is 0 Å². The lowest BCUT2D eigenvalue weighted by atomic mass is 9.80. The van der Waals surface area contributed by atoms with Gasteiger partial charge >= 0.3 is 0 Å². The van der Waals surface area contributed by atoms with Gasteiger partial charge < -0.3 is 0 Å². The average molecular weight is 138 g/mol. The van der Waals surface area contributed by atoms with Crippen LogP contribution in [-0.4, -0.2) is 0 Å². The van der Waals surface area contributed by atoms with Crippen LogP contribution in [0.4, 0.5) is 0 Å². The predicted octanol–water partition coefficient (Wildman–Crippen LogP) is 3.08. The quantitative estimate of drug-likeness (QED) is 0.482. The molecule has 0 radical (unpaired) electrons. The van der Waals surface area contributed by atoms with Crippen molar-refractivity contribution in [3.63, 3.8) is 0 Å². The van der Waals surface area contributed by atoms with Crippen molar-refractivity contribution in [1.29, 1.82) is 0 Å². The molecule has 0 amide bonds. The fourth-order valence-electron chi connectivity index (χ4n) is 3.19. The number of hydrogen-bond donors (Lipinski definition) is 0. The van der Waals surface area contributed by atoms with Crippen molar-refractivity contribution in [2.75, 3.05) is 0 Å². The maximum absolute atomic E-state index is 2.49. The second kappa shape index (κ2) is 1.78. The summed E-state index contributed by atoms with van der Waals surface area (Å²) < 4.78 is 0. The molecule has 0 bridgehead atoms. The molecule has 0 aromatic heterocycles. The van der Waals surface area contributed by atoms with E-state index in [1.165, 1.54) is 19.3 Å². The van der Waals surface area contributed by atoms with Crippen LogP contribution in [0.3, 0.4) is 0 Å². The monoisotopic (exact) mass is 138 g/mol. The highest BCUT2D eigenvalue weighted by Gasteiger charge is 2.61. The molecule has 2 fully saturated rings. The minimum Gasteiger partial charge on any atom is -0.0620 e. The first-order valence-electron chi connectivity index (χ1n) is 4.67. The Morgan fingerprint density at radius 1 is 1.20 bits per heavy atom. The summed E-state index contributed by atoms with van der Waals surface area (Å²) in [4.78, 5) is 0. The summed E-state index contributed by atoms with van der Waals surface area (Å²) in [6.07, 6.45) is 4.49. The van der Waals surface area contributed by atoms with Crippen molar-refractivity contribution in [1.82, 2.24) is 0 Å². The molecule has 0 heterocycles. The Balaban J connectivity index is 2.16. The highest BCUT2D eigenvalue weighted by Crippen LogP contribution is 2.68. The van der Waals surface area contributed by atoms with Gasteiger partial charge in [-0.05, 0) is 29.6 Å². The molecule has 0 saturated heterocycles. The Kier molecular flexibility index (Phi) is 1.19. The maximum Gasteiger partial charge on any atom is -0.0241 e. The maximum atomic E-state index is 2.49. The molecule has 0 aromatic rings. The van der Waals surface area contributed by atoms with E-state index in [2.05, 4.69) is 20.8 Å². The minimum absolute atomic E-state index is 0.762. The van der Waals surface area contributed by atoms with Crippen LogP contribution in [0.1, 0.15) is 40.0 Å². The van der Waals surface area contributed by atoms with Gasteiger partial charge in [0.05, 0.1) is 0 Å². The van der Waals surface area contributed by atoms with E-state index < -0.39 is 0 Å². The van der Waals surface area contributed by atoms with Crippen molar-refractivity contribution in [2.45, 2.75) is 40.0 Å². The molecule has 2 rings (SSSR count). The Morgan fingerprint density at radius 3 is 2.40 bits per heavy atom. The van der Waals surface area contributed by atoms with Crippen LogP contribution in [0, 0.1) is 23.2 Å². The predicted molar refractivity (Wildman–Crippen MR) is 43.8 cm³/mol. The van der Waals surface area contributed by atoms with Crippen LogP contribution in [0.2, 0.25) is 0 Å². The fourth-order valence-corrected chi connectivity index (χ4v) is 3.19. The topological polar surface area (TPSA) is 0 Å². The zero-order valence-electron chi connectivity index (χ0n) is 7.35.